The van der Waals surface area contributed by atoms with Crippen molar-refractivity contribution in [3.8, 4) is 0 Å². The molecule has 0 atom stereocenters. The van der Waals surface area contributed by atoms with Gasteiger partial charge in [0, 0.05) is 24.6 Å². The molecule has 1 saturated heterocycles. The number of amides is 3. The number of hydrogen-bond donors (Lipinski definition) is 1. The minimum absolute atomic E-state index is 0.00540. The molecule has 1 N–H and O–H groups in total. The maximum Gasteiger partial charge on any atom is 0.324 e. The number of halogens is 2. The summed E-state index contributed by atoms with van der Waals surface area (Å²) < 4.78 is 27.7. The molecule has 0 spiro atoms. The number of rotatable bonds is 5. The van der Waals surface area contributed by atoms with E-state index in [9.17, 15) is 18.4 Å². The third kappa shape index (κ3) is 4.70. The first kappa shape index (κ1) is 21.3. The molecular formula is C24H27F2N3O2. The van der Waals surface area contributed by atoms with E-state index in [1.807, 2.05) is 25.1 Å². The number of benzene rings is 2. The summed E-state index contributed by atoms with van der Waals surface area (Å²) in [6.07, 6.45) is 4.60. The maximum absolute atomic E-state index is 14.1. The summed E-state index contributed by atoms with van der Waals surface area (Å²) in [5, 5.41) is 3.03. The topological polar surface area (TPSA) is 52.6 Å². The molecule has 2 fully saturated rings. The van der Waals surface area contributed by atoms with E-state index < -0.39 is 11.6 Å². The van der Waals surface area contributed by atoms with Crippen LogP contribution in [0.15, 0.2) is 36.4 Å². The summed E-state index contributed by atoms with van der Waals surface area (Å²) in [4.78, 5) is 29.1. The van der Waals surface area contributed by atoms with E-state index in [-0.39, 0.29) is 30.0 Å². The fourth-order valence-electron chi connectivity index (χ4n) is 4.43. The summed E-state index contributed by atoms with van der Waals surface area (Å²) in [5.74, 6) is -1.07. The van der Waals surface area contributed by atoms with Crippen LogP contribution in [0, 0.1) is 24.5 Å². The molecule has 1 heterocycles. The van der Waals surface area contributed by atoms with Crippen molar-refractivity contribution in [1.82, 2.24) is 4.90 Å². The van der Waals surface area contributed by atoms with Crippen LogP contribution in [0.3, 0.4) is 0 Å². The second-order valence-corrected chi connectivity index (χ2v) is 8.44. The highest BCUT2D eigenvalue weighted by atomic mass is 19.1. The average molecular weight is 427 g/mol. The molecule has 0 unspecified atom stereocenters. The van der Waals surface area contributed by atoms with Crippen molar-refractivity contribution >= 4 is 23.3 Å². The van der Waals surface area contributed by atoms with Gasteiger partial charge in [0.2, 0.25) is 5.91 Å². The fraction of sp³-hybridized carbons (Fsp3) is 0.417. The van der Waals surface area contributed by atoms with Gasteiger partial charge in [0.25, 0.3) is 0 Å². The van der Waals surface area contributed by atoms with E-state index in [1.165, 1.54) is 4.90 Å². The number of aryl methyl sites for hydroxylation is 1. The van der Waals surface area contributed by atoms with Crippen LogP contribution >= 0.6 is 0 Å². The average Bonchev–Trinajstić information content (AvgIpc) is 3.28. The molecule has 1 aliphatic carbocycles. The predicted molar refractivity (Wildman–Crippen MR) is 116 cm³/mol. The van der Waals surface area contributed by atoms with Crippen LogP contribution in [-0.2, 0) is 11.3 Å². The van der Waals surface area contributed by atoms with E-state index in [0.717, 1.165) is 49.4 Å². The summed E-state index contributed by atoms with van der Waals surface area (Å²) >= 11 is 0. The molecule has 0 bridgehead atoms. The molecule has 5 nitrogen and oxygen atoms in total. The lowest BCUT2D eigenvalue weighted by Crippen LogP contribution is -2.49. The van der Waals surface area contributed by atoms with Crippen molar-refractivity contribution in [2.24, 2.45) is 5.92 Å². The Balaban J connectivity index is 1.56. The lowest BCUT2D eigenvalue weighted by molar-refractivity contribution is -0.119. The third-order valence-electron chi connectivity index (χ3n) is 6.11. The molecule has 0 aromatic heterocycles. The SMILES string of the molecule is Cc1ccc(N2CCCN(Cc3cc(F)ccc3F)C2=O)c(NC(=O)C2CCCC2)c1. The van der Waals surface area contributed by atoms with Gasteiger partial charge in [-0.15, -0.1) is 0 Å². The molecule has 2 aliphatic rings. The zero-order valence-corrected chi connectivity index (χ0v) is 17.7. The standard InChI is InChI=1S/C24H27F2N3O2/c1-16-7-10-22(21(13-16)27-23(30)17-5-2-3-6-17)29-12-4-11-28(24(29)31)15-18-14-19(25)8-9-20(18)26/h7-10,13-14,17H,2-6,11-12,15H2,1H3,(H,27,30). The van der Waals surface area contributed by atoms with Gasteiger partial charge in [0.15, 0.2) is 0 Å². The van der Waals surface area contributed by atoms with E-state index >= 15 is 0 Å². The minimum Gasteiger partial charge on any atom is -0.324 e. The molecule has 2 aromatic rings. The molecule has 1 saturated carbocycles. The van der Waals surface area contributed by atoms with E-state index in [0.29, 0.717) is 30.9 Å². The van der Waals surface area contributed by atoms with Gasteiger partial charge in [-0.1, -0.05) is 18.9 Å². The molecule has 31 heavy (non-hydrogen) atoms. The van der Waals surface area contributed by atoms with E-state index in [4.69, 9.17) is 0 Å². The number of carbonyl (C=O) groups excluding carboxylic acids is 2. The van der Waals surface area contributed by atoms with Crippen molar-refractivity contribution in [3.63, 3.8) is 0 Å². The van der Waals surface area contributed by atoms with Gasteiger partial charge < -0.3 is 10.2 Å². The van der Waals surface area contributed by atoms with Crippen molar-refractivity contribution in [3.05, 3.63) is 59.2 Å². The highest BCUT2D eigenvalue weighted by molar-refractivity contribution is 6.01. The van der Waals surface area contributed by atoms with Crippen molar-refractivity contribution < 1.29 is 18.4 Å². The monoisotopic (exact) mass is 427 g/mol. The van der Waals surface area contributed by atoms with Crippen LogP contribution < -0.4 is 10.2 Å². The molecular weight excluding hydrogens is 400 g/mol. The predicted octanol–water partition coefficient (Wildman–Crippen LogP) is 5.23. The Morgan fingerprint density at radius 2 is 1.84 bits per heavy atom. The molecule has 0 radical (unpaired) electrons. The quantitative estimate of drug-likeness (QED) is 0.710. The Morgan fingerprint density at radius 1 is 1.06 bits per heavy atom. The van der Waals surface area contributed by atoms with Gasteiger partial charge >= 0.3 is 6.03 Å². The Labute approximate surface area is 181 Å². The molecule has 3 amide bonds. The van der Waals surface area contributed by atoms with Crippen LogP contribution in [0.1, 0.15) is 43.2 Å². The highest BCUT2D eigenvalue weighted by Crippen LogP contribution is 2.32. The zero-order chi connectivity index (χ0) is 22.0. The molecule has 4 rings (SSSR count). The Hall–Kier alpha value is -2.96. The summed E-state index contributed by atoms with van der Waals surface area (Å²) in [7, 11) is 0. The number of urea groups is 1. The van der Waals surface area contributed by atoms with Gasteiger partial charge in [-0.25, -0.2) is 13.6 Å². The van der Waals surface area contributed by atoms with Gasteiger partial charge in [-0.3, -0.25) is 9.69 Å². The number of carbonyl (C=O) groups is 2. The van der Waals surface area contributed by atoms with Crippen molar-refractivity contribution in [2.45, 2.75) is 45.6 Å². The van der Waals surface area contributed by atoms with Crippen LogP contribution in [-0.4, -0.2) is 29.9 Å². The Morgan fingerprint density at radius 3 is 2.61 bits per heavy atom. The van der Waals surface area contributed by atoms with Crippen molar-refractivity contribution in [1.29, 1.82) is 0 Å². The van der Waals surface area contributed by atoms with Crippen LogP contribution in [0.25, 0.3) is 0 Å². The molecule has 7 heteroatoms. The summed E-state index contributed by atoms with van der Waals surface area (Å²) in [6, 6.07) is 8.60. The summed E-state index contributed by atoms with van der Waals surface area (Å²) in [6.45, 7) is 2.89. The highest BCUT2D eigenvalue weighted by Gasteiger charge is 2.30. The van der Waals surface area contributed by atoms with Gasteiger partial charge in [-0.05, 0) is 62.1 Å². The Bertz CT molecular complexity index is 989. The maximum atomic E-state index is 14.1. The lowest BCUT2D eigenvalue weighted by atomic mass is 10.1. The number of hydrogen-bond acceptors (Lipinski definition) is 2. The first-order chi connectivity index (χ1) is 14.9. The minimum atomic E-state index is -0.536. The first-order valence-electron chi connectivity index (χ1n) is 10.8. The van der Waals surface area contributed by atoms with Crippen molar-refractivity contribution in [2.75, 3.05) is 23.3 Å². The number of nitrogens with zero attached hydrogens (tertiary/aromatic N) is 2. The molecule has 164 valence electrons. The van der Waals surface area contributed by atoms with Gasteiger partial charge in [-0.2, -0.15) is 0 Å². The largest absolute Gasteiger partial charge is 0.324 e. The van der Waals surface area contributed by atoms with Crippen LogP contribution in [0.5, 0.6) is 0 Å². The molecule has 2 aromatic carbocycles. The Kier molecular flexibility index (Phi) is 6.20. The van der Waals surface area contributed by atoms with Gasteiger partial charge in [0.1, 0.15) is 11.6 Å². The van der Waals surface area contributed by atoms with E-state index in [1.54, 1.807) is 4.90 Å². The normalized spacial score (nSPS) is 17.3. The second-order valence-electron chi connectivity index (χ2n) is 8.44. The van der Waals surface area contributed by atoms with Gasteiger partial charge in [0.05, 0.1) is 17.9 Å². The first-order valence-corrected chi connectivity index (χ1v) is 10.8. The lowest BCUT2D eigenvalue weighted by Gasteiger charge is -2.36. The summed E-state index contributed by atoms with van der Waals surface area (Å²) in [5.41, 5.74) is 2.37. The van der Waals surface area contributed by atoms with Crippen LogP contribution in [0.4, 0.5) is 25.0 Å². The molecule has 1 aliphatic heterocycles. The zero-order valence-electron chi connectivity index (χ0n) is 17.7. The fourth-order valence-corrected chi connectivity index (χ4v) is 4.43. The second kappa shape index (κ2) is 9.04. The van der Waals surface area contributed by atoms with E-state index in [2.05, 4.69) is 5.32 Å². The smallest absolute Gasteiger partial charge is 0.324 e. The van der Waals surface area contributed by atoms with Crippen LogP contribution in [0.2, 0.25) is 0 Å². The number of anilines is 2. The third-order valence-corrected chi connectivity index (χ3v) is 6.11. The number of nitrogens with one attached hydrogen (secondary N) is 1.